The first-order valence-electron chi connectivity index (χ1n) is 12.0. The van der Waals surface area contributed by atoms with Gasteiger partial charge in [0.25, 0.3) is 11.8 Å². The number of carbonyl (C=O) groups is 2. The van der Waals surface area contributed by atoms with Crippen LogP contribution in [0.15, 0.2) is 47.6 Å². The molecule has 0 radical (unpaired) electrons. The molecule has 1 spiro atoms. The summed E-state index contributed by atoms with van der Waals surface area (Å²) in [5, 5.41) is 7.81. The molecule has 1 fully saturated rings. The molecule has 4 aliphatic rings. The zero-order chi connectivity index (χ0) is 23.7. The molecule has 2 amide bonds. The van der Waals surface area contributed by atoms with Crippen molar-refractivity contribution in [1.82, 2.24) is 20.0 Å². The van der Waals surface area contributed by atoms with E-state index in [1.54, 1.807) is 0 Å². The summed E-state index contributed by atoms with van der Waals surface area (Å²) in [6.07, 6.45) is 11.0. The number of aliphatic imine (C=N–C) groups is 1. The van der Waals surface area contributed by atoms with Crippen LogP contribution in [0, 0.1) is 0 Å². The van der Waals surface area contributed by atoms with E-state index >= 15 is 0 Å². The molecule has 1 aromatic heterocycles. The lowest BCUT2D eigenvalue weighted by Gasteiger charge is -2.44. The number of piperidine rings is 1. The first-order valence-corrected chi connectivity index (χ1v) is 12.0. The molecule has 0 saturated carbocycles. The molecule has 0 atom stereocenters. The molecule has 4 heterocycles. The fraction of sp³-hybridized carbons (Fsp3) is 0.407. The minimum Gasteiger partial charge on any atom is -0.345 e. The molecule has 7 nitrogen and oxygen atoms in total. The lowest BCUT2D eigenvalue weighted by Crippen LogP contribution is -2.60. The van der Waals surface area contributed by atoms with Crippen molar-refractivity contribution in [2.45, 2.75) is 57.5 Å². The van der Waals surface area contributed by atoms with Gasteiger partial charge in [-0.25, -0.2) is 0 Å². The monoisotopic (exact) mass is 455 g/mol. The van der Waals surface area contributed by atoms with Gasteiger partial charge in [0.15, 0.2) is 0 Å². The predicted octanol–water partition coefficient (Wildman–Crippen LogP) is 4.03. The Morgan fingerprint density at radius 2 is 1.97 bits per heavy atom. The van der Waals surface area contributed by atoms with Gasteiger partial charge in [0.1, 0.15) is 5.69 Å². The van der Waals surface area contributed by atoms with E-state index in [4.69, 9.17) is 4.99 Å². The van der Waals surface area contributed by atoms with Crippen LogP contribution in [0.3, 0.4) is 0 Å². The van der Waals surface area contributed by atoms with Crippen LogP contribution in [0.25, 0.3) is 5.57 Å². The lowest BCUT2D eigenvalue weighted by atomic mass is 9.79. The number of amides is 2. The van der Waals surface area contributed by atoms with Crippen molar-refractivity contribution in [3.05, 3.63) is 65.0 Å². The van der Waals surface area contributed by atoms with E-state index in [9.17, 15) is 9.59 Å². The van der Waals surface area contributed by atoms with E-state index in [1.165, 1.54) is 0 Å². The minimum atomic E-state index is -0.321. The largest absolute Gasteiger partial charge is 0.345 e. The second kappa shape index (κ2) is 7.26. The molecule has 1 aromatic carbocycles. The average Bonchev–Trinajstić information content (AvgIpc) is 3.40. The number of nitrogens with zero attached hydrogens (tertiary/aromatic N) is 4. The summed E-state index contributed by atoms with van der Waals surface area (Å²) in [4.78, 5) is 33.4. The molecule has 2 aromatic rings. The van der Waals surface area contributed by atoms with Gasteiger partial charge in [-0.15, -0.1) is 0 Å². The third-order valence-corrected chi connectivity index (χ3v) is 7.43. The number of benzene rings is 1. The maximum atomic E-state index is 13.6. The van der Waals surface area contributed by atoms with Crippen LogP contribution in [0.5, 0.6) is 0 Å². The highest BCUT2D eigenvalue weighted by Crippen LogP contribution is 2.41. The Hall–Kier alpha value is -3.48. The fourth-order valence-electron chi connectivity index (χ4n) is 5.70. The standard InChI is InChI=1S/C27H29N5O2/c1-26(2,3)32-23-17(16-28-32)15-27(30-24(23)33)11-13-31(14-12-27)25(34)19-8-6-10-21-22(19)18-7-4-5-9-20(18)29-21/h4-8,10,16H,9,11-15H2,1-3H3,(H,30,33). The van der Waals surface area contributed by atoms with Crippen LogP contribution in [-0.4, -0.2) is 50.8 Å². The average molecular weight is 456 g/mol. The van der Waals surface area contributed by atoms with Gasteiger partial charge in [-0.05, 0) is 52.2 Å². The molecule has 0 unspecified atom stereocenters. The van der Waals surface area contributed by atoms with Gasteiger partial charge in [0, 0.05) is 47.3 Å². The van der Waals surface area contributed by atoms with Crippen LogP contribution >= 0.6 is 0 Å². The second-order valence-electron chi connectivity index (χ2n) is 10.8. The highest BCUT2D eigenvalue weighted by Gasteiger charge is 2.44. The maximum Gasteiger partial charge on any atom is 0.270 e. The SMILES string of the molecule is CC(C)(C)n1ncc2c1C(=O)NC1(CCN(C(=O)c3cccc4c3C3=CC=CCC3=N4)CC1)C2. The number of rotatable bonds is 1. The number of fused-ring (bicyclic) bond motifs is 4. The summed E-state index contributed by atoms with van der Waals surface area (Å²) < 4.78 is 1.82. The second-order valence-corrected chi connectivity index (χ2v) is 10.8. The van der Waals surface area contributed by atoms with Gasteiger partial charge in [-0.3, -0.25) is 19.3 Å². The smallest absolute Gasteiger partial charge is 0.270 e. The third-order valence-electron chi connectivity index (χ3n) is 7.43. The summed E-state index contributed by atoms with van der Waals surface area (Å²) in [5.74, 6) is -0.0155. The predicted molar refractivity (Wildman–Crippen MR) is 132 cm³/mol. The summed E-state index contributed by atoms with van der Waals surface area (Å²) >= 11 is 0. The van der Waals surface area contributed by atoms with E-state index in [1.807, 2.05) is 40.1 Å². The number of aromatic nitrogens is 2. The van der Waals surface area contributed by atoms with Crippen molar-refractivity contribution in [2.75, 3.05) is 13.1 Å². The van der Waals surface area contributed by atoms with Crippen molar-refractivity contribution in [1.29, 1.82) is 0 Å². The molecule has 7 heteroatoms. The molecule has 0 bridgehead atoms. The summed E-state index contributed by atoms with van der Waals surface area (Å²) in [5.41, 5.74) is 5.75. The molecule has 1 aliphatic carbocycles. The van der Waals surface area contributed by atoms with Crippen molar-refractivity contribution in [3.8, 4) is 0 Å². The zero-order valence-electron chi connectivity index (χ0n) is 19.9. The number of hydrogen-bond acceptors (Lipinski definition) is 4. The molecular weight excluding hydrogens is 426 g/mol. The molecule has 3 aliphatic heterocycles. The minimum absolute atomic E-state index is 0.0435. The van der Waals surface area contributed by atoms with Gasteiger partial charge >= 0.3 is 0 Å². The Morgan fingerprint density at radius 1 is 1.18 bits per heavy atom. The number of hydrogen-bond donors (Lipinski definition) is 1. The number of allylic oxidation sites excluding steroid dienone is 4. The Labute approximate surface area is 199 Å². The topological polar surface area (TPSA) is 79.6 Å². The summed E-state index contributed by atoms with van der Waals surface area (Å²) in [7, 11) is 0. The fourth-order valence-corrected chi connectivity index (χ4v) is 5.70. The molecule has 1 saturated heterocycles. The normalized spacial score (nSPS) is 20.3. The first-order chi connectivity index (χ1) is 16.3. The van der Waals surface area contributed by atoms with Crippen molar-refractivity contribution >= 4 is 28.8 Å². The highest BCUT2D eigenvalue weighted by molar-refractivity contribution is 6.32. The summed E-state index contributed by atoms with van der Waals surface area (Å²) in [6, 6.07) is 5.82. The van der Waals surface area contributed by atoms with Gasteiger partial charge in [-0.1, -0.05) is 24.3 Å². The van der Waals surface area contributed by atoms with E-state index in [-0.39, 0.29) is 22.9 Å². The Kier molecular flexibility index (Phi) is 4.50. The van der Waals surface area contributed by atoms with E-state index in [0.29, 0.717) is 18.8 Å². The van der Waals surface area contributed by atoms with Crippen molar-refractivity contribution < 1.29 is 9.59 Å². The molecule has 6 rings (SSSR count). The third kappa shape index (κ3) is 3.17. The number of likely N-dealkylation sites (tertiary alicyclic amines) is 1. The van der Waals surface area contributed by atoms with Crippen LogP contribution < -0.4 is 5.32 Å². The van der Waals surface area contributed by atoms with Crippen LogP contribution in [0.1, 0.15) is 72.0 Å². The first kappa shape index (κ1) is 21.1. The number of nitrogens with one attached hydrogen (secondary N) is 1. The highest BCUT2D eigenvalue weighted by atomic mass is 16.2. The van der Waals surface area contributed by atoms with Gasteiger partial charge < -0.3 is 10.2 Å². The number of carbonyl (C=O) groups excluding carboxylic acids is 2. The van der Waals surface area contributed by atoms with Crippen LogP contribution in [0.4, 0.5) is 5.69 Å². The van der Waals surface area contributed by atoms with Crippen LogP contribution in [0.2, 0.25) is 0 Å². The van der Waals surface area contributed by atoms with Gasteiger partial charge in [0.2, 0.25) is 0 Å². The summed E-state index contributed by atoms with van der Waals surface area (Å²) in [6.45, 7) is 7.37. The lowest BCUT2D eigenvalue weighted by molar-refractivity contribution is 0.0601. The zero-order valence-corrected chi connectivity index (χ0v) is 19.9. The quantitative estimate of drug-likeness (QED) is 0.705. The molecule has 1 N–H and O–H groups in total. The van der Waals surface area contributed by atoms with Crippen molar-refractivity contribution in [3.63, 3.8) is 0 Å². The van der Waals surface area contributed by atoms with Crippen LogP contribution in [-0.2, 0) is 12.0 Å². The van der Waals surface area contributed by atoms with E-state index in [2.05, 4.69) is 43.3 Å². The Morgan fingerprint density at radius 3 is 2.74 bits per heavy atom. The maximum absolute atomic E-state index is 13.6. The van der Waals surface area contributed by atoms with E-state index in [0.717, 1.165) is 59.3 Å². The Bertz CT molecular complexity index is 1310. The van der Waals surface area contributed by atoms with Crippen molar-refractivity contribution in [2.24, 2.45) is 4.99 Å². The van der Waals surface area contributed by atoms with E-state index < -0.39 is 0 Å². The molecular formula is C27H29N5O2. The molecule has 34 heavy (non-hydrogen) atoms. The van der Waals surface area contributed by atoms with Gasteiger partial charge in [0.05, 0.1) is 23.1 Å². The van der Waals surface area contributed by atoms with Gasteiger partial charge in [-0.2, -0.15) is 5.10 Å². The Balaban J connectivity index is 1.22. The molecule has 174 valence electrons.